The zero-order valence-electron chi connectivity index (χ0n) is 14.4. The fourth-order valence-corrected chi connectivity index (χ4v) is 3.60. The quantitative estimate of drug-likeness (QED) is 0.926. The molecule has 7 nitrogen and oxygen atoms in total. The maximum atomic E-state index is 12.6. The number of carbonyl (C=O) groups is 1. The molecule has 2 aromatic rings. The average molecular weight is 348 g/mol. The number of thiazole rings is 1. The topological polar surface area (TPSA) is 66.3 Å². The lowest BCUT2D eigenvalue weighted by molar-refractivity contribution is 0.215. The molecule has 1 aliphatic heterocycles. The largest absolute Gasteiger partial charge is 0.346 e. The fourth-order valence-electron chi connectivity index (χ4n) is 2.91. The van der Waals surface area contributed by atoms with Gasteiger partial charge in [-0.05, 0) is 12.3 Å². The number of nitrogens with one attached hydrogen (secondary N) is 1. The van der Waals surface area contributed by atoms with Crippen LogP contribution in [-0.4, -0.2) is 51.9 Å². The van der Waals surface area contributed by atoms with Crippen LogP contribution in [0.25, 0.3) is 0 Å². The highest BCUT2D eigenvalue weighted by atomic mass is 32.1. The van der Waals surface area contributed by atoms with Crippen molar-refractivity contribution in [1.82, 2.24) is 19.7 Å². The third-order valence-electron chi connectivity index (χ3n) is 4.12. The second-order valence-corrected chi connectivity index (χ2v) is 7.20. The molecule has 8 heteroatoms. The van der Waals surface area contributed by atoms with Crippen LogP contribution < -0.4 is 10.2 Å². The molecule has 1 N–H and O–H groups in total. The molecular formula is C16H24N6OS. The molecule has 0 spiro atoms. The summed E-state index contributed by atoms with van der Waals surface area (Å²) in [5.41, 5.74) is 1.73. The summed E-state index contributed by atoms with van der Waals surface area (Å²) in [7, 11) is 1.87. The van der Waals surface area contributed by atoms with Crippen LogP contribution in [0.5, 0.6) is 0 Å². The summed E-state index contributed by atoms with van der Waals surface area (Å²) in [5.74, 6) is 0.269. The number of hydrogen-bond donors (Lipinski definition) is 1. The normalized spacial score (nSPS) is 15.7. The molecule has 2 aromatic heterocycles. The zero-order chi connectivity index (χ0) is 17.1. The Kier molecular flexibility index (Phi) is 5.03. The second-order valence-electron chi connectivity index (χ2n) is 6.33. The minimum absolute atomic E-state index is 0.0501. The molecule has 0 saturated carbocycles. The molecular weight excluding hydrogens is 324 g/mol. The van der Waals surface area contributed by atoms with E-state index in [1.165, 1.54) is 0 Å². The van der Waals surface area contributed by atoms with Crippen molar-refractivity contribution >= 4 is 28.2 Å². The van der Waals surface area contributed by atoms with E-state index in [1.54, 1.807) is 16.0 Å². The van der Waals surface area contributed by atoms with E-state index in [1.807, 2.05) is 29.7 Å². The first-order chi connectivity index (χ1) is 11.5. The highest BCUT2D eigenvalue weighted by Gasteiger charge is 2.22. The second kappa shape index (κ2) is 7.21. The van der Waals surface area contributed by atoms with Crippen LogP contribution in [0.2, 0.25) is 0 Å². The predicted molar refractivity (Wildman–Crippen MR) is 96.8 cm³/mol. The van der Waals surface area contributed by atoms with Crippen molar-refractivity contribution in [3.63, 3.8) is 0 Å². The average Bonchev–Trinajstić information content (AvgIpc) is 3.11. The van der Waals surface area contributed by atoms with E-state index in [9.17, 15) is 4.79 Å². The van der Waals surface area contributed by atoms with Gasteiger partial charge in [0.15, 0.2) is 5.13 Å². The Morgan fingerprint density at radius 1 is 1.29 bits per heavy atom. The first kappa shape index (κ1) is 16.8. The van der Waals surface area contributed by atoms with E-state index in [2.05, 4.69) is 34.1 Å². The molecule has 24 heavy (non-hydrogen) atoms. The highest BCUT2D eigenvalue weighted by molar-refractivity contribution is 7.13. The molecule has 2 amide bonds. The van der Waals surface area contributed by atoms with Gasteiger partial charge in [-0.1, -0.05) is 13.8 Å². The molecule has 1 aliphatic rings. The van der Waals surface area contributed by atoms with Crippen molar-refractivity contribution < 1.29 is 4.79 Å². The number of aryl methyl sites for hydroxylation is 1. The van der Waals surface area contributed by atoms with E-state index >= 15 is 0 Å². The number of amides is 2. The van der Waals surface area contributed by atoms with Gasteiger partial charge >= 0.3 is 6.03 Å². The molecule has 1 saturated heterocycles. The third-order valence-corrected chi connectivity index (χ3v) is 4.95. The number of urea groups is 1. The molecule has 0 atom stereocenters. The lowest BCUT2D eigenvalue weighted by Gasteiger charge is -2.22. The molecule has 3 rings (SSSR count). The summed E-state index contributed by atoms with van der Waals surface area (Å²) in [6.07, 6.45) is 4.63. The number of carbonyl (C=O) groups excluding carboxylic acids is 1. The van der Waals surface area contributed by atoms with Crippen LogP contribution in [0.15, 0.2) is 17.8 Å². The van der Waals surface area contributed by atoms with E-state index in [0.29, 0.717) is 6.54 Å². The maximum absolute atomic E-state index is 12.6. The number of nitrogens with zero attached hydrogens (tertiary/aromatic N) is 5. The Labute approximate surface area is 146 Å². The highest BCUT2D eigenvalue weighted by Crippen LogP contribution is 2.23. The third kappa shape index (κ3) is 3.69. The van der Waals surface area contributed by atoms with Crippen LogP contribution in [0.1, 0.15) is 31.9 Å². The minimum Gasteiger partial charge on any atom is -0.346 e. The molecule has 3 heterocycles. The number of hydrogen-bond acceptors (Lipinski definition) is 5. The van der Waals surface area contributed by atoms with E-state index in [0.717, 1.165) is 42.6 Å². The maximum Gasteiger partial charge on any atom is 0.322 e. The SMILES string of the molecule is CC(C)c1nn(C)cc1NC(=O)N1CCCN(c2nccs2)CC1. The molecule has 0 aliphatic carbocycles. The van der Waals surface area contributed by atoms with Gasteiger partial charge < -0.3 is 15.1 Å². The molecule has 130 valence electrons. The molecule has 0 aromatic carbocycles. The summed E-state index contributed by atoms with van der Waals surface area (Å²) >= 11 is 1.64. The lowest BCUT2D eigenvalue weighted by atomic mass is 10.1. The predicted octanol–water partition coefficient (Wildman–Crippen LogP) is 2.74. The first-order valence-electron chi connectivity index (χ1n) is 8.28. The molecule has 0 radical (unpaired) electrons. The van der Waals surface area contributed by atoms with Crippen LogP contribution in [0.4, 0.5) is 15.6 Å². The van der Waals surface area contributed by atoms with E-state index < -0.39 is 0 Å². The Morgan fingerprint density at radius 2 is 2.12 bits per heavy atom. The van der Waals surface area contributed by atoms with Crippen LogP contribution >= 0.6 is 11.3 Å². The van der Waals surface area contributed by atoms with Crippen molar-refractivity contribution in [3.05, 3.63) is 23.5 Å². The van der Waals surface area contributed by atoms with Crippen molar-refractivity contribution in [2.24, 2.45) is 7.05 Å². The van der Waals surface area contributed by atoms with E-state index in [4.69, 9.17) is 0 Å². The summed E-state index contributed by atoms with van der Waals surface area (Å²) in [5, 5.41) is 10.5. The number of rotatable bonds is 3. The monoisotopic (exact) mass is 348 g/mol. The summed E-state index contributed by atoms with van der Waals surface area (Å²) in [6, 6.07) is -0.0501. The zero-order valence-corrected chi connectivity index (χ0v) is 15.2. The number of aromatic nitrogens is 3. The van der Waals surface area contributed by atoms with Crippen molar-refractivity contribution in [3.8, 4) is 0 Å². The van der Waals surface area contributed by atoms with Gasteiger partial charge in [0.2, 0.25) is 0 Å². The van der Waals surface area contributed by atoms with Crippen molar-refractivity contribution in [2.45, 2.75) is 26.2 Å². The van der Waals surface area contributed by atoms with E-state index in [-0.39, 0.29) is 11.9 Å². The summed E-state index contributed by atoms with van der Waals surface area (Å²) in [6.45, 7) is 7.35. The Hall–Kier alpha value is -2.09. The smallest absolute Gasteiger partial charge is 0.322 e. The Morgan fingerprint density at radius 3 is 2.83 bits per heavy atom. The molecule has 0 unspecified atom stereocenters. The van der Waals surface area contributed by atoms with Crippen molar-refractivity contribution in [1.29, 1.82) is 0 Å². The van der Waals surface area contributed by atoms with Crippen LogP contribution in [-0.2, 0) is 7.05 Å². The molecule has 0 bridgehead atoms. The first-order valence-corrected chi connectivity index (χ1v) is 9.16. The Balaban J connectivity index is 1.63. The summed E-state index contributed by atoms with van der Waals surface area (Å²) < 4.78 is 1.75. The fraction of sp³-hybridized carbons (Fsp3) is 0.562. The molecule has 1 fully saturated rings. The summed E-state index contributed by atoms with van der Waals surface area (Å²) in [4.78, 5) is 21.1. The standard InChI is InChI=1S/C16H24N6OS/c1-12(2)14-13(11-20(3)19-14)18-15(23)21-6-4-7-22(9-8-21)16-17-5-10-24-16/h5,10-12H,4,6-9H2,1-3H3,(H,18,23). The van der Waals surface area contributed by atoms with Gasteiger partial charge in [0.05, 0.1) is 11.4 Å². The van der Waals surface area contributed by atoms with Gasteiger partial charge in [-0.25, -0.2) is 9.78 Å². The van der Waals surface area contributed by atoms with Gasteiger partial charge in [-0.15, -0.1) is 11.3 Å². The number of anilines is 2. The van der Waals surface area contributed by atoms with Gasteiger partial charge in [0, 0.05) is 51.0 Å². The van der Waals surface area contributed by atoms with Gasteiger partial charge in [-0.3, -0.25) is 4.68 Å². The Bertz CT molecular complexity index is 681. The minimum atomic E-state index is -0.0501. The van der Waals surface area contributed by atoms with Crippen molar-refractivity contribution in [2.75, 3.05) is 36.4 Å². The van der Waals surface area contributed by atoms with Gasteiger partial charge in [0.25, 0.3) is 0 Å². The van der Waals surface area contributed by atoms with Crippen LogP contribution in [0.3, 0.4) is 0 Å². The van der Waals surface area contributed by atoms with Gasteiger partial charge in [-0.2, -0.15) is 5.10 Å². The van der Waals surface area contributed by atoms with Crippen LogP contribution in [0, 0.1) is 0 Å². The lowest BCUT2D eigenvalue weighted by Crippen LogP contribution is -2.38. The van der Waals surface area contributed by atoms with Gasteiger partial charge in [0.1, 0.15) is 0 Å².